The zero-order valence-corrected chi connectivity index (χ0v) is 12.5. The SMILES string of the molecule is C[C@@H](Oc1ccc(Br)cc1)C(=O)NC[C@H]1CCCO1. The van der Waals surface area contributed by atoms with Crippen molar-refractivity contribution in [1.29, 1.82) is 0 Å². The van der Waals surface area contributed by atoms with Gasteiger partial charge in [-0.2, -0.15) is 0 Å². The number of amides is 1. The Morgan fingerprint density at radius 3 is 2.89 bits per heavy atom. The number of nitrogens with one attached hydrogen (secondary N) is 1. The number of carbonyl (C=O) groups excluding carboxylic acids is 1. The number of hydrogen-bond donors (Lipinski definition) is 1. The summed E-state index contributed by atoms with van der Waals surface area (Å²) in [5, 5.41) is 2.86. The van der Waals surface area contributed by atoms with Crippen molar-refractivity contribution in [1.82, 2.24) is 5.32 Å². The van der Waals surface area contributed by atoms with E-state index in [2.05, 4.69) is 21.2 Å². The molecule has 1 heterocycles. The molecule has 0 bridgehead atoms. The van der Waals surface area contributed by atoms with Gasteiger partial charge in [-0.25, -0.2) is 0 Å². The molecule has 1 aromatic rings. The van der Waals surface area contributed by atoms with Gasteiger partial charge in [0.05, 0.1) is 6.10 Å². The maximum absolute atomic E-state index is 11.9. The molecule has 1 fully saturated rings. The molecule has 19 heavy (non-hydrogen) atoms. The summed E-state index contributed by atoms with van der Waals surface area (Å²) < 4.78 is 12.0. The van der Waals surface area contributed by atoms with Crippen LogP contribution in [0.1, 0.15) is 19.8 Å². The van der Waals surface area contributed by atoms with Crippen molar-refractivity contribution in [3.63, 3.8) is 0 Å². The first-order chi connectivity index (χ1) is 9.15. The molecule has 0 aliphatic carbocycles. The van der Waals surface area contributed by atoms with E-state index in [4.69, 9.17) is 9.47 Å². The van der Waals surface area contributed by atoms with Crippen molar-refractivity contribution in [2.45, 2.75) is 32.0 Å². The fraction of sp³-hybridized carbons (Fsp3) is 0.500. The van der Waals surface area contributed by atoms with Crippen LogP contribution >= 0.6 is 15.9 Å². The summed E-state index contributed by atoms with van der Waals surface area (Å²) in [6.45, 7) is 3.10. The predicted molar refractivity (Wildman–Crippen MR) is 76.2 cm³/mol. The van der Waals surface area contributed by atoms with E-state index >= 15 is 0 Å². The van der Waals surface area contributed by atoms with E-state index in [1.165, 1.54) is 0 Å². The maximum Gasteiger partial charge on any atom is 0.260 e. The highest BCUT2D eigenvalue weighted by molar-refractivity contribution is 9.10. The highest BCUT2D eigenvalue weighted by Crippen LogP contribution is 2.17. The van der Waals surface area contributed by atoms with Gasteiger partial charge in [0.15, 0.2) is 6.10 Å². The minimum absolute atomic E-state index is 0.113. The van der Waals surface area contributed by atoms with Gasteiger partial charge in [-0.3, -0.25) is 4.79 Å². The van der Waals surface area contributed by atoms with E-state index in [1.54, 1.807) is 6.92 Å². The average Bonchev–Trinajstić information content (AvgIpc) is 2.91. The van der Waals surface area contributed by atoms with Crippen LogP contribution < -0.4 is 10.1 Å². The third kappa shape index (κ3) is 4.51. The number of halogens is 1. The smallest absolute Gasteiger partial charge is 0.260 e. The number of carbonyl (C=O) groups is 1. The molecule has 1 N–H and O–H groups in total. The molecule has 0 aromatic heterocycles. The van der Waals surface area contributed by atoms with Crippen molar-refractivity contribution in [3.8, 4) is 5.75 Å². The molecule has 104 valence electrons. The van der Waals surface area contributed by atoms with Crippen LogP contribution in [0.15, 0.2) is 28.7 Å². The van der Waals surface area contributed by atoms with E-state index in [0.717, 1.165) is 23.9 Å². The van der Waals surface area contributed by atoms with E-state index in [9.17, 15) is 4.79 Å². The van der Waals surface area contributed by atoms with Crippen LogP contribution in [0, 0.1) is 0 Å². The fourth-order valence-electron chi connectivity index (χ4n) is 1.93. The first-order valence-corrected chi connectivity index (χ1v) is 7.26. The van der Waals surface area contributed by atoms with Gasteiger partial charge in [0, 0.05) is 17.6 Å². The van der Waals surface area contributed by atoms with Crippen molar-refractivity contribution < 1.29 is 14.3 Å². The molecule has 1 aromatic carbocycles. The normalized spacial score (nSPS) is 20.0. The lowest BCUT2D eigenvalue weighted by atomic mass is 10.2. The zero-order valence-electron chi connectivity index (χ0n) is 10.9. The van der Waals surface area contributed by atoms with E-state index in [1.807, 2.05) is 24.3 Å². The molecule has 0 radical (unpaired) electrons. The van der Waals surface area contributed by atoms with Crippen molar-refractivity contribution in [2.75, 3.05) is 13.2 Å². The van der Waals surface area contributed by atoms with Crippen LogP contribution in [0.3, 0.4) is 0 Å². The van der Waals surface area contributed by atoms with Gasteiger partial charge < -0.3 is 14.8 Å². The first kappa shape index (κ1) is 14.3. The molecule has 1 aliphatic heterocycles. The molecule has 5 heteroatoms. The molecule has 0 spiro atoms. The lowest BCUT2D eigenvalue weighted by molar-refractivity contribution is -0.127. The molecule has 1 amide bonds. The number of ether oxygens (including phenoxy) is 2. The second-order valence-corrected chi connectivity index (χ2v) is 5.51. The molecule has 0 unspecified atom stereocenters. The largest absolute Gasteiger partial charge is 0.481 e. The van der Waals surface area contributed by atoms with Gasteiger partial charge in [0.25, 0.3) is 5.91 Å². The number of hydrogen-bond acceptors (Lipinski definition) is 3. The third-order valence-electron chi connectivity index (χ3n) is 3.02. The van der Waals surface area contributed by atoms with E-state index in [-0.39, 0.29) is 12.0 Å². The molecular weight excluding hydrogens is 310 g/mol. The zero-order chi connectivity index (χ0) is 13.7. The van der Waals surface area contributed by atoms with Crippen LogP contribution in [0.5, 0.6) is 5.75 Å². The van der Waals surface area contributed by atoms with Gasteiger partial charge in [0.1, 0.15) is 5.75 Å². The molecule has 0 saturated carbocycles. The highest BCUT2D eigenvalue weighted by Gasteiger charge is 2.19. The van der Waals surface area contributed by atoms with Crippen molar-refractivity contribution >= 4 is 21.8 Å². The summed E-state index contributed by atoms with van der Waals surface area (Å²) in [6, 6.07) is 7.42. The third-order valence-corrected chi connectivity index (χ3v) is 3.55. The van der Waals surface area contributed by atoms with Crippen LogP contribution in [-0.2, 0) is 9.53 Å². The molecule has 1 saturated heterocycles. The van der Waals surface area contributed by atoms with E-state index in [0.29, 0.717) is 12.3 Å². The van der Waals surface area contributed by atoms with Crippen LogP contribution in [-0.4, -0.2) is 31.3 Å². The summed E-state index contributed by atoms with van der Waals surface area (Å²) in [7, 11) is 0. The van der Waals surface area contributed by atoms with Crippen LogP contribution in [0.25, 0.3) is 0 Å². The molecule has 2 atom stereocenters. The molecular formula is C14H18BrNO3. The minimum atomic E-state index is -0.512. The lowest BCUT2D eigenvalue weighted by Crippen LogP contribution is -2.40. The second kappa shape index (κ2) is 6.91. The topological polar surface area (TPSA) is 47.6 Å². The lowest BCUT2D eigenvalue weighted by Gasteiger charge is -2.16. The fourth-order valence-corrected chi connectivity index (χ4v) is 2.20. The maximum atomic E-state index is 11.9. The standard InChI is InChI=1S/C14H18BrNO3/c1-10(19-12-6-4-11(15)5-7-12)14(17)16-9-13-3-2-8-18-13/h4-7,10,13H,2-3,8-9H2,1H3,(H,16,17)/t10-,13-/m1/s1. The summed E-state index contributed by atoms with van der Waals surface area (Å²) in [5.74, 6) is 0.571. The van der Waals surface area contributed by atoms with Crippen LogP contribution in [0.2, 0.25) is 0 Å². The van der Waals surface area contributed by atoms with Gasteiger partial charge in [-0.1, -0.05) is 15.9 Å². The Kier molecular flexibility index (Phi) is 5.22. The van der Waals surface area contributed by atoms with Gasteiger partial charge >= 0.3 is 0 Å². The average molecular weight is 328 g/mol. The van der Waals surface area contributed by atoms with Gasteiger partial charge in [-0.05, 0) is 44.0 Å². The van der Waals surface area contributed by atoms with E-state index < -0.39 is 6.10 Å². The quantitative estimate of drug-likeness (QED) is 0.903. The Balaban J connectivity index is 1.76. The Labute approximate surface area is 121 Å². The molecule has 1 aliphatic rings. The molecule has 2 rings (SSSR count). The van der Waals surface area contributed by atoms with Gasteiger partial charge in [0.2, 0.25) is 0 Å². The number of rotatable bonds is 5. The Morgan fingerprint density at radius 1 is 1.53 bits per heavy atom. The van der Waals surface area contributed by atoms with Crippen molar-refractivity contribution in [3.05, 3.63) is 28.7 Å². The highest BCUT2D eigenvalue weighted by atomic mass is 79.9. The van der Waals surface area contributed by atoms with Crippen LogP contribution in [0.4, 0.5) is 0 Å². The number of benzene rings is 1. The summed E-state index contributed by atoms with van der Waals surface area (Å²) in [6.07, 6.45) is 1.74. The predicted octanol–water partition coefficient (Wildman–Crippen LogP) is 2.51. The van der Waals surface area contributed by atoms with Crippen molar-refractivity contribution in [2.24, 2.45) is 0 Å². The van der Waals surface area contributed by atoms with Gasteiger partial charge in [-0.15, -0.1) is 0 Å². The molecule has 4 nitrogen and oxygen atoms in total. The summed E-state index contributed by atoms with van der Waals surface area (Å²) >= 11 is 3.35. The Morgan fingerprint density at radius 2 is 2.26 bits per heavy atom. The second-order valence-electron chi connectivity index (χ2n) is 4.59. The minimum Gasteiger partial charge on any atom is -0.481 e. The summed E-state index contributed by atoms with van der Waals surface area (Å²) in [4.78, 5) is 11.9. The monoisotopic (exact) mass is 327 g/mol. The first-order valence-electron chi connectivity index (χ1n) is 6.46. The summed E-state index contributed by atoms with van der Waals surface area (Å²) in [5.41, 5.74) is 0. The Hall–Kier alpha value is -1.07. The Bertz CT molecular complexity index is 415.